The summed E-state index contributed by atoms with van der Waals surface area (Å²) in [5.41, 5.74) is 2.75. The molecule has 0 radical (unpaired) electrons. The predicted molar refractivity (Wildman–Crippen MR) is 111 cm³/mol. The number of carboxylic acids is 1. The van der Waals surface area contributed by atoms with Gasteiger partial charge in [-0.05, 0) is 56.0 Å². The Morgan fingerprint density at radius 3 is 2.76 bits per heavy atom. The minimum absolute atomic E-state index is 0.346. The molecule has 6 heteroatoms. The van der Waals surface area contributed by atoms with Crippen molar-refractivity contribution in [2.75, 3.05) is 13.2 Å². The van der Waals surface area contributed by atoms with E-state index in [1.165, 1.54) is 17.7 Å². The van der Waals surface area contributed by atoms with Gasteiger partial charge in [-0.2, -0.15) is 0 Å². The van der Waals surface area contributed by atoms with E-state index >= 15 is 0 Å². The third kappa shape index (κ3) is 7.66. The van der Waals surface area contributed by atoms with E-state index in [-0.39, 0.29) is 5.82 Å². The molecule has 2 aromatic rings. The maximum Gasteiger partial charge on any atom is 0.332 e. The number of hydrogen-bond donors (Lipinski definition) is 1. The van der Waals surface area contributed by atoms with Crippen molar-refractivity contribution in [1.82, 2.24) is 4.98 Å². The van der Waals surface area contributed by atoms with Crippen LogP contribution in [0.1, 0.15) is 43.5 Å². The zero-order chi connectivity index (χ0) is 21.1. The second kappa shape index (κ2) is 12.0. The van der Waals surface area contributed by atoms with Crippen molar-refractivity contribution in [2.24, 2.45) is 0 Å². The van der Waals surface area contributed by atoms with E-state index in [2.05, 4.69) is 18.0 Å². The lowest BCUT2D eigenvalue weighted by Gasteiger charge is -2.11. The first kappa shape index (κ1) is 22.6. The summed E-state index contributed by atoms with van der Waals surface area (Å²) in [6.07, 6.45) is 7.05. The van der Waals surface area contributed by atoms with Gasteiger partial charge in [0, 0.05) is 30.5 Å². The van der Waals surface area contributed by atoms with Crippen LogP contribution in [0.25, 0.3) is 6.08 Å². The smallest absolute Gasteiger partial charge is 0.332 e. The quantitative estimate of drug-likeness (QED) is 0.559. The van der Waals surface area contributed by atoms with Crippen molar-refractivity contribution >= 4 is 12.0 Å². The first-order chi connectivity index (χ1) is 14.0. The summed E-state index contributed by atoms with van der Waals surface area (Å²) >= 11 is 0. The number of ether oxygens (including phenoxy) is 2. The zero-order valence-corrected chi connectivity index (χ0v) is 16.9. The molecule has 1 aromatic carbocycles. The fourth-order valence-corrected chi connectivity index (χ4v) is 2.80. The molecule has 0 fully saturated rings. The van der Waals surface area contributed by atoms with Gasteiger partial charge in [-0.15, -0.1) is 0 Å². The molecule has 1 heterocycles. The van der Waals surface area contributed by atoms with E-state index in [0.29, 0.717) is 43.8 Å². The summed E-state index contributed by atoms with van der Waals surface area (Å²) in [4.78, 5) is 15.5. The van der Waals surface area contributed by atoms with Crippen LogP contribution in [0.15, 0.2) is 42.6 Å². The minimum atomic E-state index is -0.976. The highest BCUT2D eigenvalue weighted by Gasteiger charge is 2.15. The molecule has 1 atom stereocenters. The topological polar surface area (TPSA) is 68.7 Å². The number of hydrogen-bond acceptors (Lipinski definition) is 4. The summed E-state index contributed by atoms with van der Waals surface area (Å²) in [6, 6.07) is 8.41. The van der Waals surface area contributed by atoms with Crippen LogP contribution in [0.5, 0.6) is 5.75 Å². The molecule has 0 aliphatic rings. The lowest BCUT2D eigenvalue weighted by atomic mass is 10.1. The standard InChI is InChI=1S/C23H28FNO4/c1-3-17-9-11-20(25-16-17)13-14-29-21-12-10-19(24)15-18(21)7-5-6-8-22(23(26)27)28-4-2/h5,7,9-12,15-16,22H,3-4,6,8,13-14H2,1-2H3,(H,26,27). The Hall–Kier alpha value is -2.73. The number of aliphatic carboxylic acids is 1. The van der Waals surface area contributed by atoms with Gasteiger partial charge in [-0.25, -0.2) is 9.18 Å². The highest BCUT2D eigenvalue weighted by Crippen LogP contribution is 2.22. The second-order valence-corrected chi connectivity index (χ2v) is 6.55. The zero-order valence-electron chi connectivity index (χ0n) is 16.9. The third-order valence-electron chi connectivity index (χ3n) is 4.42. The number of aromatic nitrogens is 1. The molecule has 0 aliphatic carbocycles. The number of rotatable bonds is 12. The number of carbonyl (C=O) groups is 1. The van der Waals surface area contributed by atoms with Gasteiger partial charge >= 0.3 is 5.97 Å². The monoisotopic (exact) mass is 401 g/mol. The van der Waals surface area contributed by atoms with Crippen LogP contribution in [-0.4, -0.2) is 35.4 Å². The first-order valence-corrected chi connectivity index (χ1v) is 9.90. The van der Waals surface area contributed by atoms with Gasteiger partial charge in [0.25, 0.3) is 0 Å². The lowest BCUT2D eigenvalue weighted by molar-refractivity contribution is -0.150. The Morgan fingerprint density at radius 1 is 1.28 bits per heavy atom. The number of carboxylic acid groups (broad SMARTS) is 1. The number of allylic oxidation sites excluding steroid dienone is 1. The van der Waals surface area contributed by atoms with E-state index in [0.717, 1.165) is 12.1 Å². The first-order valence-electron chi connectivity index (χ1n) is 9.90. The molecule has 0 aliphatic heterocycles. The maximum absolute atomic E-state index is 13.7. The lowest BCUT2D eigenvalue weighted by Crippen LogP contribution is -2.23. The molecule has 2 rings (SSSR count). The average Bonchev–Trinajstić information content (AvgIpc) is 2.72. The van der Waals surface area contributed by atoms with E-state index < -0.39 is 12.1 Å². The van der Waals surface area contributed by atoms with Crippen molar-refractivity contribution in [3.8, 4) is 5.75 Å². The van der Waals surface area contributed by atoms with Crippen LogP contribution in [0.2, 0.25) is 0 Å². The van der Waals surface area contributed by atoms with E-state index in [1.807, 2.05) is 18.3 Å². The Kier molecular flexibility index (Phi) is 9.31. The summed E-state index contributed by atoms with van der Waals surface area (Å²) in [5, 5.41) is 9.10. The molecular weight excluding hydrogens is 373 g/mol. The predicted octanol–water partition coefficient (Wildman–Crippen LogP) is 4.69. The third-order valence-corrected chi connectivity index (χ3v) is 4.42. The van der Waals surface area contributed by atoms with Crippen LogP contribution in [-0.2, 0) is 22.4 Å². The second-order valence-electron chi connectivity index (χ2n) is 6.55. The van der Waals surface area contributed by atoms with Crippen LogP contribution >= 0.6 is 0 Å². The molecule has 5 nitrogen and oxygen atoms in total. The molecule has 0 amide bonds. The van der Waals surface area contributed by atoms with E-state index in [1.54, 1.807) is 19.1 Å². The van der Waals surface area contributed by atoms with Crippen LogP contribution < -0.4 is 4.74 Å². The summed E-state index contributed by atoms with van der Waals surface area (Å²) < 4.78 is 24.7. The van der Waals surface area contributed by atoms with Crippen LogP contribution in [0, 0.1) is 5.82 Å². The molecule has 1 unspecified atom stereocenters. The van der Waals surface area contributed by atoms with E-state index in [4.69, 9.17) is 14.6 Å². The summed E-state index contributed by atoms with van der Waals surface area (Å²) in [6.45, 7) is 4.62. The van der Waals surface area contributed by atoms with Gasteiger partial charge < -0.3 is 14.6 Å². The number of nitrogens with zero attached hydrogens (tertiary/aromatic N) is 1. The highest BCUT2D eigenvalue weighted by molar-refractivity contribution is 5.72. The highest BCUT2D eigenvalue weighted by atomic mass is 19.1. The fourth-order valence-electron chi connectivity index (χ4n) is 2.80. The molecule has 1 N–H and O–H groups in total. The van der Waals surface area contributed by atoms with E-state index in [9.17, 15) is 9.18 Å². The average molecular weight is 401 g/mol. The Bertz CT molecular complexity index is 805. The summed E-state index contributed by atoms with van der Waals surface area (Å²) in [5.74, 6) is -0.755. The van der Waals surface area contributed by atoms with Crippen molar-refractivity contribution in [3.63, 3.8) is 0 Å². The molecular formula is C23H28FNO4. The van der Waals surface area contributed by atoms with Gasteiger partial charge in [-0.1, -0.05) is 25.1 Å². The van der Waals surface area contributed by atoms with Gasteiger partial charge in [0.15, 0.2) is 6.10 Å². The summed E-state index contributed by atoms with van der Waals surface area (Å²) in [7, 11) is 0. The van der Waals surface area contributed by atoms with Gasteiger partial charge in [0.05, 0.1) is 6.61 Å². The normalized spacial score (nSPS) is 12.2. The molecule has 0 saturated carbocycles. The molecule has 0 saturated heterocycles. The molecule has 0 spiro atoms. The van der Waals surface area contributed by atoms with Gasteiger partial charge in [0.2, 0.25) is 0 Å². The van der Waals surface area contributed by atoms with Crippen molar-refractivity contribution < 1.29 is 23.8 Å². The number of aryl methyl sites for hydroxylation is 1. The maximum atomic E-state index is 13.7. The van der Waals surface area contributed by atoms with Crippen molar-refractivity contribution in [3.05, 3.63) is 65.2 Å². The Balaban J connectivity index is 1.92. The molecule has 1 aromatic heterocycles. The molecule has 0 bridgehead atoms. The molecule has 29 heavy (non-hydrogen) atoms. The van der Waals surface area contributed by atoms with Crippen molar-refractivity contribution in [2.45, 2.75) is 45.6 Å². The van der Waals surface area contributed by atoms with Gasteiger partial charge in [0.1, 0.15) is 11.6 Å². The Morgan fingerprint density at radius 2 is 2.10 bits per heavy atom. The Labute approximate surface area is 171 Å². The molecule has 156 valence electrons. The SMILES string of the molecule is CCOC(CCC=Cc1cc(F)ccc1OCCc1ccc(CC)cn1)C(=O)O. The number of halogens is 1. The number of benzene rings is 1. The van der Waals surface area contributed by atoms with Crippen LogP contribution in [0.3, 0.4) is 0 Å². The van der Waals surface area contributed by atoms with Crippen molar-refractivity contribution in [1.29, 1.82) is 0 Å². The number of pyridine rings is 1. The van der Waals surface area contributed by atoms with Crippen LogP contribution in [0.4, 0.5) is 4.39 Å². The minimum Gasteiger partial charge on any atom is -0.493 e. The van der Waals surface area contributed by atoms with Gasteiger partial charge in [-0.3, -0.25) is 4.98 Å². The largest absolute Gasteiger partial charge is 0.493 e. The fraction of sp³-hybridized carbons (Fsp3) is 0.391.